The number of hydrogen-bond acceptors (Lipinski definition) is 4. The maximum absolute atomic E-state index is 12.6. The molecule has 2 amide bonds. The van der Waals surface area contributed by atoms with Crippen LogP contribution in [-0.4, -0.2) is 21.6 Å². The maximum Gasteiger partial charge on any atom is 0.290 e. The minimum atomic E-state index is -0.528. The molecule has 1 heterocycles. The summed E-state index contributed by atoms with van der Waals surface area (Å²) < 4.78 is 1.34. The quantitative estimate of drug-likeness (QED) is 0.523. The topological polar surface area (TPSA) is 93.1 Å². The Balaban J connectivity index is 2.20. The highest BCUT2D eigenvalue weighted by molar-refractivity contribution is 6.05. The van der Waals surface area contributed by atoms with Gasteiger partial charge in [0.1, 0.15) is 0 Å². The average Bonchev–Trinajstić information content (AvgIpc) is 2.68. The molecule has 0 aliphatic carbocycles. The molecule has 2 rings (SSSR count). The lowest BCUT2D eigenvalue weighted by Gasteiger charge is -2.12. The van der Waals surface area contributed by atoms with E-state index in [0.717, 1.165) is 38.5 Å². The lowest BCUT2D eigenvalue weighted by atomic mass is 10.1. The van der Waals surface area contributed by atoms with E-state index in [0.29, 0.717) is 23.7 Å². The molecule has 0 fully saturated rings. The van der Waals surface area contributed by atoms with Crippen molar-refractivity contribution in [3.05, 3.63) is 40.3 Å². The highest BCUT2D eigenvalue weighted by atomic mass is 16.2. The average molecular weight is 372 g/mol. The fraction of sp³-hybridized carbons (Fsp3) is 0.500. The first-order valence-electron chi connectivity index (χ1n) is 9.67. The van der Waals surface area contributed by atoms with E-state index in [9.17, 15) is 14.4 Å². The van der Waals surface area contributed by atoms with Crippen LogP contribution >= 0.6 is 0 Å². The summed E-state index contributed by atoms with van der Waals surface area (Å²) in [6.45, 7) is 4.60. The van der Waals surface area contributed by atoms with Crippen molar-refractivity contribution in [3.63, 3.8) is 0 Å². The zero-order chi connectivity index (χ0) is 19.6. The zero-order valence-electron chi connectivity index (χ0n) is 16.1. The number of nitrogens with zero attached hydrogens (tertiary/aromatic N) is 2. The normalized spacial score (nSPS) is 10.7. The summed E-state index contributed by atoms with van der Waals surface area (Å²) >= 11 is 0. The van der Waals surface area contributed by atoms with Crippen molar-refractivity contribution in [3.8, 4) is 0 Å². The molecule has 2 N–H and O–H groups in total. The lowest BCUT2D eigenvalue weighted by molar-refractivity contribution is -0.121. The van der Waals surface area contributed by atoms with Crippen molar-refractivity contribution in [2.45, 2.75) is 65.3 Å². The largest absolute Gasteiger partial charge is 0.290 e. The number of nitrogens with one attached hydrogen (secondary N) is 2. The number of carbonyl (C=O) groups is 2. The molecule has 0 radical (unpaired) electrons. The predicted molar refractivity (Wildman–Crippen MR) is 105 cm³/mol. The molecule has 0 saturated carbocycles. The Morgan fingerprint density at radius 1 is 0.963 bits per heavy atom. The molecule has 146 valence electrons. The first-order chi connectivity index (χ1) is 13.1. The Morgan fingerprint density at radius 2 is 1.63 bits per heavy atom. The van der Waals surface area contributed by atoms with Crippen LogP contribution in [0.4, 0.5) is 0 Å². The molecule has 0 unspecified atom stereocenters. The van der Waals surface area contributed by atoms with Gasteiger partial charge in [0, 0.05) is 18.4 Å². The van der Waals surface area contributed by atoms with E-state index in [2.05, 4.69) is 29.8 Å². The fourth-order valence-corrected chi connectivity index (χ4v) is 2.85. The second-order valence-electron chi connectivity index (χ2n) is 6.59. The number of fused-ring (bicyclic) bond motifs is 1. The number of hydrazine groups is 1. The summed E-state index contributed by atoms with van der Waals surface area (Å²) in [7, 11) is 0. The number of amides is 2. The molecule has 1 aromatic heterocycles. The van der Waals surface area contributed by atoms with Gasteiger partial charge in [-0.25, -0.2) is 4.68 Å². The van der Waals surface area contributed by atoms with Gasteiger partial charge in [0.2, 0.25) is 5.91 Å². The van der Waals surface area contributed by atoms with Crippen LogP contribution in [0.25, 0.3) is 10.8 Å². The van der Waals surface area contributed by atoms with Gasteiger partial charge in [0.15, 0.2) is 5.69 Å². The SMILES string of the molecule is CCCCCC(=O)NNC(=O)c1nn(CCCCC)c(=O)c2ccccc12. The molecule has 0 aliphatic rings. The van der Waals surface area contributed by atoms with Gasteiger partial charge in [0.05, 0.1) is 5.39 Å². The lowest BCUT2D eigenvalue weighted by Crippen LogP contribution is -2.42. The molecule has 7 heteroatoms. The van der Waals surface area contributed by atoms with Crippen molar-refractivity contribution in [1.82, 2.24) is 20.6 Å². The molecular weight excluding hydrogens is 344 g/mol. The summed E-state index contributed by atoms with van der Waals surface area (Å²) in [5.41, 5.74) is 4.77. The van der Waals surface area contributed by atoms with Crippen LogP contribution in [-0.2, 0) is 11.3 Å². The van der Waals surface area contributed by atoms with Crippen LogP contribution in [0, 0.1) is 0 Å². The molecule has 0 atom stereocenters. The van der Waals surface area contributed by atoms with Gasteiger partial charge in [0.25, 0.3) is 11.5 Å². The summed E-state index contributed by atoms with van der Waals surface area (Å²) in [5, 5.41) is 5.19. The van der Waals surface area contributed by atoms with Crippen LogP contribution in [0.2, 0.25) is 0 Å². The zero-order valence-corrected chi connectivity index (χ0v) is 16.1. The van der Waals surface area contributed by atoms with E-state index in [1.54, 1.807) is 24.3 Å². The molecule has 0 aliphatic heterocycles. The molecule has 7 nitrogen and oxygen atoms in total. The first kappa shape index (κ1) is 20.6. The Kier molecular flexibility index (Phi) is 7.98. The van der Waals surface area contributed by atoms with Crippen molar-refractivity contribution in [2.24, 2.45) is 0 Å². The van der Waals surface area contributed by atoms with E-state index in [1.807, 2.05) is 0 Å². The minimum absolute atomic E-state index is 0.135. The number of benzene rings is 1. The monoisotopic (exact) mass is 372 g/mol. The van der Waals surface area contributed by atoms with E-state index >= 15 is 0 Å². The van der Waals surface area contributed by atoms with Crippen LogP contribution in [0.5, 0.6) is 0 Å². The van der Waals surface area contributed by atoms with Crippen molar-refractivity contribution in [1.29, 1.82) is 0 Å². The first-order valence-corrected chi connectivity index (χ1v) is 9.67. The predicted octanol–water partition coefficient (Wildman–Crippen LogP) is 2.93. The number of carbonyl (C=O) groups excluding carboxylic acids is 2. The summed E-state index contributed by atoms with van der Waals surface area (Å²) in [4.78, 5) is 37.0. The second-order valence-corrected chi connectivity index (χ2v) is 6.59. The van der Waals surface area contributed by atoms with Crippen LogP contribution in [0.3, 0.4) is 0 Å². The van der Waals surface area contributed by atoms with E-state index in [4.69, 9.17) is 0 Å². The summed E-state index contributed by atoms with van der Waals surface area (Å²) in [6.07, 6.45) is 5.96. The number of hydrogen-bond donors (Lipinski definition) is 2. The number of unbranched alkanes of at least 4 members (excludes halogenated alkanes) is 4. The third-order valence-corrected chi connectivity index (χ3v) is 4.38. The van der Waals surface area contributed by atoms with Gasteiger partial charge in [-0.05, 0) is 18.9 Å². The third-order valence-electron chi connectivity index (χ3n) is 4.38. The van der Waals surface area contributed by atoms with Crippen molar-refractivity contribution in [2.75, 3.05) is 0 Å². The van der Waals surface area contributed by atoms with Gasteiger partial charge in [-0.3, -0.25) is 25.2 Å². The summed E-state index contributed by atoms with van der Waals surface area (Å²) in [6, 6.07) is 6.90. The standard InChI is InChI=1S/C20H28N4O3/c1-3-5-7-13-17(25)21-22-19(26)18-15-11-8-9-12-16(15)20(27)24(23-18)14-10-6-4-2/h8-9,11-12H,3-7,10,13-14H2,1-2H3,(H,21,25)(H,22,26). The second kappa shape index (κ2) is 10.4. The summed E-state index contributed by atoms with van der Waals surface area (Å²) in [5.74, 6) is -0.767. The van der Waals surface area contributed by atoms with Gasteiger partial charge in [-0.15, -0.1) is 0 Å². The molecule has 2 aromatic rings. The molecular formula is C20H28N4O3. The van der Waals surface area contributed by atoms with E-state index < -0.39 is 5.91 Å². The van der Waals surface area contributed by atoms with E-state index in [-0.39, 0.29) is 17.2 Å². The fourth-order valence-electron chi connectivity index (χ4n) is 2.85. The van der Waals surface area contributed by atoms with Crippen LogP contribution < -0.4 is 16.4 Å². The molecule has 1 aromatic carbocycles. The van der Waals surface area contributed by atoms with Gasteiger partial charge in [-0.1, -0.05) is 57.7 Å². The van der Waals surface area contributed by atoms with Crippen molar-refractivity contribution < 1.29 is 9.59 Å². The highest BCUT2D eigenvalue weighted by Crippen LogP contribution is 2.13. The number of rotatable bonds is 9. The van der Waals surface area contributed by atoms with Gasteiger partial charge < -0.3 is 0 Å². The van der Waals surface area contributed by atoms with Crippen molar-refractivity contribution >= 4 is 22.6 Å². The molecule has 0 spiro atoms. The third kappa shape index (κ3) is 5.64. The van der Waals surface area contributed by atoms with Gasteiger partial charge >= 0.3 is 0 Å². The van der Waals surface area contributed by atoms with Crippen LogP contribution in [0.1, 0.15) is 69.3 Å². The maximum atomic E-state index is 12.6. The molecule has 0 saturated heterocycles. The molecule has 27 heavy (non-hydrogen) atoms. The smallest absolute Gasteiger partial charge is 0.273 e. The minimum Gasteiger partial charge on any atom is -0.273 e. The molecule has 0 bridgehead atoms. The van der Waals surface area contributed by atoms with E-state index in [1.165, 1.54) is 4.68 Å². The Morgan fingerprint density at radius 3 is 2.33 bits per heavy atom. The number of aromatic nitrogens is 2. The Hall–Kier alpha value is -2.70. The van der Waals surface area contributed by atoms with Gasteiger partial charge in [-0.2, -0.15) is 5.10 Å². The van der Waals surface area contributed by atoms with Crippen LogP contribution in [0.15, 0.2) is 29.1 Å². The Bertz CT molecular complexity index is 845. The number of aryl methyl sites for hydroxylation is 1. The Labute approximate surface area is 159 Å². The highest BCUT2D eigenvalue weighted by Gasteiger charge is 2.17.